The van der Waals surface area contributed by atoms with Gasteiger partial charge in [-0.3, -0.25) is 4.79 Å². The van der Waals surface area contributed by atoms with E-state index in [-0.39, 0.29) is 5.91 Å². The molecule has 0 bridgehead atoms. The van der Waals surface area contributed by atoms with Crippen LogP contribution in [-0.4, -0.2) is 22.8 Å². The normalized spacial score (nSPS) is 10.6. The highest BCUT2D eigenvalue weighted by atomic mass is 16.5. The molecule has 27 heavy (non-hydrogen) atoms. The van der Waals surface area contributed by atoms with Crippen molar-refractivity contribution >= 4 is 11.6 Å². The van der Waals surface area contributed by atoms with Gasteiger partial charge in [0.25, 0.3) is 5.91 Å². The number of nitrogens with zero attached hydrogens (tertiary/aromatic N) is 2. The highest BCUT2D eigenvalue weighted by molar-refractivity contribution is 6.04. The van der Waals surface area contributed by atoms with Crippen molar-refractivity contribution in [2.45, 2.75) is 33.1 Å². The van der Waals surface area contributed by atoms with Gasteiger partial charge in [-0.15, -0.1) is 0 Å². The zero-order valence-electron chi connectivity index (χ0n) is 16.0. The van der Waals surface area contributed by atoms with Crippen LogP contribution in [-0.2, 0) is 6.42 Å². The lowest BCUT2D eigenvalue weighted by Gasteiger charge is -2.06. The van der Waals surface area contributed by atoms with Crippen molar-refractivity contribution in [3.8, 4) is 11.4 Å². The molecule has 0 spiro atoms. The molecular formula is C22H25N3O2. The first kappa shape index (κ1) is 18.7. The molecule has 0 aliphatic heterocycles. The fourth-order valence-corrected chi connectivity index (χ4v) is 2.88. The number of hydrogen-bond acceptors (Lipinski definition) is 3. The molecule has 0 fully saturated rings. The summed E-state index contributed by atoms with van der Waals surface area (Å²) in [6.45, 7) is 4.02. The van der Waals surface area contributed by atoms with Gasteiger partial charge in [-0.25, -0.2) is 4.68 Å². The number of ether oxygens (including phenoxy) is 1. The lowest BCUT2D eigenvalue weighted by molar-refractivity contribution is 0.102. The van der Waals surface area contributed by atoms with Crippen molar-refractivity contribution in [3.63, 3.8) is 0 Å². The minimum Gasteiger partial charge on any atom is -0.497 e. The van der Waals surface area contributed by atoms with Crippen LogP contribution >= 0.6 is 0 Å². The molecule has 3 aromatic rings. The van der Waals surface area contributed by atoms with Crippen molar-refractivity contribution in [2.75, 3.05) is 12.4 Å². The van der Waals surface area contributed by atoms with Crippen LogP contribution < -0.4 is 10.1 Å². The van der Waals surface area contributed by atoms with E-state index in [0.29, 0.717) is 11.3 Å². The van der Waals surface area contributed by atoms with Gasteiger partial charge in [0.15, 0.2) is 0 Å². The first-order valence-electron chi connectivity index (χ1n) is 9.21. The summed E-state index contributed by atoms with van der Waals surface area (Å²) in [5.41, 5.74) is 4.19. The number of benzene rings is 2. The van der Waals surface area contributed by atoms with Crippen LogP contribution in [0.5, 0.6) is 5.75 Å². The van der Waals surface area contributed by atoms with Gasteiger partial charge < -0.3 is 10.1 Å². The number of aryl methyl sites for hydroxylation is 2. The Morgan fingerprint density at radius 1 is 1.11 bits per heavy atom. The number of methoxy groups -OCH3 is 1. The summed E-state index contributed by atoms with van der Waals surface area (Å²) in [7, 11) is 1.63. The van der Waals surface area contributed by atoms with Gasteiger partial charge in [-0.05, 0) is 61.7 Å². The smallest absolute Gasteiger partial charge is 0.259 e. The molecule has 140 valence electrons. The van der Waals surface area contributed by atoms with E-state index in [9.17, 15) is 4.79 Å². The number of carbonyl (C=O) groups is 1. The molecule has 3 rings (SSSR count). The minimum atomic E-state index is -0.159. The summed E-state index contributed by atoms with van der Waals surface area (Å²) in [6, 6.07) is 15.6. The molecular weight excluding hydrogens is 338 g/mol. The summed E-state index contributed by atoms with van der Waals surface area (Å²) in [6.07, 6.45) is 5.17. The third kappa shape index (κ3) is 4.56. The fourth-order valence-electron chi connectivity index (χ4n) is 2.88. The summed E-state index contributed by atoms with van der Waals surface area (Å²) in [5, 5.41) is 7.42. The Bertz CT molecular complexity index is 896. The second kappa shape index (κ2) is 8.54. The molecule has 0 saturated heterocycles. The van der Waals surface area contributed by atoms with Gasteiger partial charge in [-0.2, -0.15) is 5.10 Å². The van der Waals surface area contributed by atoms with Crippen molar-refractivity contribution < 1.29 is 9.53 Å². The third-order valence-corrected chi connectivity index (χ3v) is 4.51. The van der Waals surface area contributed by atoms with Crippen LogP contribution in [0.3, 0.4) is 0 Å². The summed E-state index contributed by atoms with van der Waals surface area (Å²) < 4.78 is 6.88. The Kier molecular flexibility index (Phi) is 5.91. The van der Waals surface area contributed by atoms with Gasteiger partial charge >= 0.3 is 0 Å². The van der Waals surface area contributed by atoms with Crippen molar-refractivity contribution in [3.05, 3.63) is 71.5 Å². The molecule has 0 unspecified atom stereocenters. The Balaban J connectivity index is 1.72. The van der Waals surface area contributed by atoms with E-state index in [2.05, 4.69) is 29.5 Å². The van der Waals surface area contributed by atoms with Crippen LogP contribution in [0.2, 0.25) is 0 Å². The molecule has 1 aromatic heterocycles. The van der Waals surface area contributed by atoms with E-state index in [4.69, 9.17) is 4.74 Å². The maximum absolute atomic E-state index is 12.7. The second-order valence-electron chi connectivity index (χ2n) is 6.53. The number of carbonyl (C=O) groups excluding carboxylic acids is 1. The van der Waals surface area contributed by atoms with E-state index in [1.165, 1.54) is 18.4 Å². The van der Waals surface area contributed by atoms with E-state index in [0.717, 1.165) is 23.5 Å². The maximum Gasteiger partial charge on any atom is 0.259 e. The number of anilines is 1. The van der Waals surface area contributed by atoms with E-state index >= 15 is 0 Å². The fraction of sp³-hybridized carbons (Fsp3) is 0.273. The quantitative estimate of drug-likeness (QED) is 0.657. The maximum atomic E-state index is 12.7. The topological polar surface area (TPSA) is 56.2 Å². The largest absolute Gasteiger partial charge is 0.497 e. The number of aromatic nitrogens is 2. The molecule has 0 atom stereocenters. The molecule has 5 heteroatoms. The molecule has 1 heterocycles. The highest BCUT2D eigenvalue weighted by Crippen LogP contribution is 2.18. The van der Waals surface area contributed by atoms with Crippen molar-refractivity contribution in [1.82, 2.24) is 9.78 Å². The number of nitrogens with one attached hydrogen (secondary N) is 1. The van der Waals surface area contributed by atoms with Crippen LogP contribution in [0, 0.1) is 6.92 Å². The van der Waals surface area contributed by atoms with Crippen molar-refractivity contribution in [2.24, 2.45) is 0 Å². The van der Waals surface area contributed by atoms with Gasteiger partial charge in [0.05, 0.1) is 24.1 Å². The Morgan fingerprint density at radius 3 is 2.44 bits per heavy atom. The molecule has 0 radical (unpaired) electrons. The van der Waals surface area contributed by atoms with Gasteiger partial charge in [0.2, 0.25) is 0 Å². The Hall–Kier alpha value is -3.08. The predicted octanol–water partition coefficient (Wildman–Crippen LogP) is 4.78. The molecule has 5 nitrogen and oxygen atoms in total. The predicted molar refractivity (Wildman–Crippen MR) is 108 cm³/mol. The number of hydrogen-bond donors (Lipinski definition) is 1. The number of rotatable bonds is 7. The van der Waals surface area contributed by atoms with E-state index in [1.54, 1.807) is 18.0 Å². The van der Waals surface area contributed by atoms with Gasteiger partial charge in [0, 0.05) is 11.9 Å². The van der Waals surface area contributed by atoms with Crippen LogP contribution in [0.4, 0.5) is 5.69 Å². The standard InChI is InChI=1S/C22H25N3O2/c1-4-5-6-17-7-9-18(10-8-17)23-22(26)21-15-25(24-16(21)2)19-11-13-20(27-3)14-12-19/h7-15H,4-6H2,1-3H3,(H,23,26). The monoisotopic (exact) mass is 363 g/mol. The van der Waals surface area contributed by atoms with E-state index < -0.39 is 0 Å². The first-order chi connectivity index (χ1) is 13.1. The second-order valence-corrected chi connectivity index (χ2v) is 6.53. The van der Waals surface area contributed by atoms with E-state index in [1.807, 2.05) is 43.3 Å². The Morgan fingerprint density at radius 2 is 1.81 bits per heavy atom. The molecule has 2 aromatic carbocycles. The molecule has 1 amide bonds. The summed E-state index contributed by atoms with van der Waals surface area (Å²) in [5.74, 6) is 0.622. The average molecular weight is 363 g/mol. The average Bonchev–Trinajstić information content (AvgIpc) is 3.09. The number of amides is 1. The third-order valence-electron chi connectivity index (χ3n) is 4.51. The zero-order valence-corrected chi connectivity index (χ0v) is 16.0. The zero-order chi connectivity index (χ0) is 19.2. The minimum absolute atomic E-state index is 0.159. The van der Waals surface area contributed by atoms with Gasteiger partial charge in [0.1, 0.15) is 5.75 Å². The molecule has 0 aliphatic carbocycles. The van der Waals surface area contributed by atoms with Crippen LogP contribution in [0.15, 0.2) is 54.7 Å². The lowest BCUT2D eigenvalue weighted by Crippen LogP contribution is -2.12. The van der Waals surface area contributed by atoms with Crippen LogP contribution in [0.1, 0.15) is 41.4 Å². The first-order valence-corrected chi connectivity index (χ1v) is 9.21. The van der Waals surface area contributed by atoms with Crippen molar-refractivity contribution in [1.29, 1.82) is 0 Å². The Labute approximate surface area is 160 Å². The molecule has 0 aliphatic rings. The molecule has 0 saturated carbocycles. The highest BCUT2D eigenvalue weighted by Gasteiger charge is 2.14. The summed E-state index contributed by atoms with van der Waals surface area (Å²) >= 11 is 0. The summed E-state index contributed by atoms with van der Waals surface area (Å²) in [4.78, 5) is 12.7. The molecule has 1 N–H and O–H groups in total. The van der Waals surface area contributed by atoms with Crippen LogP contribution in [0.25, 0.3) is 5.69 Å². The lowest BCUT2D eigenvalue weighted by atomic mass is 10.1. The van der Waals surface area contributed by atoms with Gasteiger partial charge in [-0.1, -0.05) is 25.5 Å². The number of unbranched alkanes of at least 4 members (excludes halogenated alkanes) is 1. The SMILES string of the molecule is CCCCc1ccc(NC(=O)c2cn(-c3ccc(OC)cc3)nc2C)cc1.